The Labute approximate surface area is 128 Å². The summed E-state index contributed by atoms with van der Waals surface area (Å²) in [5.41, 5.74) is 4.83. The van der Waals surface area contributed by atoms with Gasteiger partial charge in [-0.2, -0.15) is 0 Å². The maximum absolute atomic E-state index is 12.4. The van der Waals surface area contributed by atoms with Gasteiger partial charge in [0.1, 0.15) is 16.8 Å². The van der Waals surface area contributed by atoms with Gasteiger partial charge in [-0.25, -0.2) is 4.98 Å². The number of nitrogens with zero attached hydrogens (tertiary/aromatic N) is 2. The van der Waals surface area contributed by atoms with E-state index in [9.17, 15) is 9.59 Å². The van der Waals surface area contributed by atoms with Gasteiger partial charge in [0, 0.05) is 24.4 Å². The van der Waals surface area contributed by atoms with E-state index in [-0.39, 0.29) is 12.0 Å². The van der Waals surface area contributed by atoms with Crippen molar-refractivity contribution < 1.29 is 9.53 Å². The molecule has 0 bridgehead atoms. The third kappa shape index (κ3) is 3.51. The lowest BCUT2D eigenvalue weighted by atomic mass is 9.95. The first-order valence-electron chi connectivity index (χ1n) is 7.08. The van der Waals surface area contributed by atoms with Gasteiger partial charge in [-0.15, -0.1) is 0 Å². The minimum Gasteiger partial charge on any atom is -0.459 e. The number of esters is 1. The summed E-state index contributed by atoms with van der Waals surface area (Å²) in [6.45, 7) is 6.87. The number of carbonyl (C=O) groups is 1. The van der Waals surface area contributed by atoms with Crippen LogP contribution >= 0.6 is 0 Å². The van der Waals surface area contributed by atoms with Gasteiger partial charge in [0.05, 0.1) is 0 Å². The molecular formula is C16H21N3O3. The predicted molar refractivity (Wildman–Crippen MR) is 83.6 cm³/mol. The van der Waals surface area contributed by atoms with Crippen molar-refractivity contribution in [3.05, 3.63) is 46.5 Å². The number of carbonyl (C=O) groups excluding carboxylic acids is 1. The minimum atomic E-state index is -1.29. The number of pyridine rings is 1. The monoisotopic (exact) mass is 303 g/mol. The van der Waals surface area contributed by atoms with Crippen LogP contribution in [-0.4, -0.2) is 26.5 Å². The maximum Gasteiger partial charge on any atom is 0.326 e. The summed E-state index contributed by atoms with van der Waals surface area (Å²) in [6, 6.07) is 5.28. The van der Waals surface area contributed by atoms with Crippen LogP contribution in [0.4, 0.5) is 0 Å². The van der Waals surface area contributed by atoms with Crippen LogP contribution in [0.2, 0.25) is 0 Å². The molecule has 1 atom stereocenters. The molecule has 2 aromatic rings. The Kier molecular flexibility index (Phi) is 4.06. The Bertz CT molecular complexity index is 757. The van der Waals surface area contributed by atoms with Gasteiger partial charge in [-0.1, -0.05) is 6.07 Å². The van der Waals surface area contributed by atoms with E-state index >= 15 is 0 Å². The lowest BCUT2D eigenvalue weighted by Crippen LogP contribution is -2.51. The largest absolute Gasteiger partial charge is 0.459 e. The molecule has 0 saturated heterocycles. The number of rotatable bonds is 3. The highest BCUT2D eigenvalue weighted by atomic mass is 16.6. The predicted octanol–water partition coefficient (Wildman–Crippen LogP) is 1.30. The fourth-order valence-corrected chi connectivity index (χ4v) is 2.05. The first kappa shape index (κ1) is 16.2. The third-order valence-corrected chi connectivity index (χ3v) is 3.11. The van der Waals surface area contributed by atoms with Gasteiger partial charge in [0.2, 0.25) is 0 Å². The topological polar surface area (TPSA) is 86.7 Å². The van der Waals surface area contributed by atoms with Crippen LogP contribution in [0.25, 0.3) is 5.65 Å². The van der Waals surface area contributed by atoms with Gasteiger partial charge >= 0.3 is 5.97 Å². The molecule has 0 unspecified atom stereocenters. The quantitative estimate of drug-likeness (QED) is 0.864. The highest BCUT2D eigenvalue weighted by Crippen LogP contribution is 2.15. The second-order valence-corrected chi connectivity index (χ2v) is 6.61. The molecule has 0 radical (unpaired) electrons. The van der Waals surface area contributed by atoms with Crippen LogP contribution in [0, 0.1) is 0 Å². The molecule has 22 heavy (non-hydrogen) atoms. The van der Waals surface area contributed by atoms with Gasteiger partial charge in [0.15, 0.2) is 0 Å². The van der Waals surface area contributed by atoms with Crippen molar-refractivity contribution in [1.29, 1.82) is 0 Å². The number of ether oxygens (including phenoxy) is 1. The van der Waals surface area contributed by atoms with Crippen molar-refractivity contribution >= 4 is 11.6 Å². The Morgan fingerprint density at radius 1 is 1.32 bits per heavy atom. The third-order valence-electron chi connectivity index (χ3n) is 3.11. The number of nitrogens with two attached hydrogens (primary N) is 1. The maximum atomic E-state index is 12.4. The van der Waals surface area contributed by atoms with Crippen LogP contribution in [0.5, 0.6) is 0 Å². The molecule has 2 aromatic heterocycles. The molecule has 0 saturated carbocycles. The molecule has 0 amide bonds. The number of hydrogen-bond acceptors (Lipinski definition) is 5. The van der Waals surface area contributed by atoms with E-state index in [0.29, 0.717) is 11.2 Å². The summed E-state index contributed by atoms with van der Waals surface area (Å²) >= 11 is 0. The summed E-state index contributed by atoms with van der Waals surface area (Å²) in [5.74, 6) is -0.544. The van der Waals surface area contributed by atoms with Crippen molar-refractivity contribution in [2.75, 3.05) is 0 Å². The average molecular weight is 303 g/mol. The molecule has 0 spiro atoms. The minimum absolute atomic E-state index is 0.0611. The lowest BCUT2D eigenvalue weighted by molar-refractivity contribution is -0.160. The van der Waals surface area contributed by atoms with Crippen molar-refractivity contribution in [1.82, 2.24) is 9.38 Å². The van der Waals surface area contributed by atoms with Gasteiger partial charge in [-0.05, 0) is 39.8 Å². The molecule has 0 fully saturated rings. The zero-order valence-electron chi connectivity index (χ0n) is 13.3. The van der Waals surface area contributed by atoms with E-state index < -0.39 is 17.1 Å². The van der Waals surface area contributed by atoms with Crippen molar-refractivity contribution in [3.8, 4) is 0 Å². The fraction of sp³-hybridized carbons (Fsp3) is 0.438. The number of hydrogen-bond donors (Lipinski definition) is 1. The highest BCUT2D eigenvalue weighted by molar-refractivity contribution is 5.80. The van der Waals surface area contributed by atoms with Crippen molar-refractivity contribution in [2.45, 2.75) is 45.3 Å². The normalized spacial score (nSPS) is 14.6. The average Bonchev–Trinajstić information content (AvgIpc) is 2.40. The summed E-state index contributed by atoms with van der Waals surface area (Å²) in [7, 11) is 0. The highest BCUT2D eigenvalue weighted by Gasteiger charge is 2.34. The van der Waals surface area contributed by atoms with Gasteiger partial charge in [-0.3, -0.25) is 14.0 Å². The second kappa shape index (κ2) is 5.53. The zero-order valence-corrected chi connectivity index (χ0v) is 13.3. The van der Waals surface area contributed by atoms with E-state index in [0.717, 1.165) is 0 Å². The second-order valence-electron chi connectivity index (χ2n) is 6.61. The summed E-state index contributed by atoms with van der Waals surface area (Å²) in [4.78, 5) is 28.8. The SMILES string of the molecule is CC(C)(C)OC(=O)[C@@](C)(N)Cc1cnc2ccccn2c1=O. The first-order valence-corrected chi connectivity index (χ1v) is 7.08. The Morgan fingerprint density at radius 2 is 2.00 bits per heavy atom. The van der Waals surface area contributed by atoms with Crippen LogP contribution in [-0.2, 0) is 16.0 Å². The molecular weight excluding hydrogens is 282 g/mol. The lowest BCUT2D eigenvalue weighted by Gasteiger charge is -2.28. The standard InChI is InChI=1S/C16H21N3O3/c1-15(2,3)22-14(21)16(4,17)9-11-10-18-12-7-5-6-8-19(12)13(11)20/h5-8,10H,9,17H2,1-4H3/t16-/m0/s1. The van der Waals surface area contributed by atoms with Crippen LogP contribution in [0.15, 0.2) is 35.4 Å². The zero-order chi connectivity index (χ0) is 16.5. The molecule has 2 rings (SSSR count). The van der Waals surface area contributed by atoms with E-state index in [4.69, 9.17) is 10.5 Å². The molecule has 6 nitrogen and oxygen atoms in total. The molecule has 2 heterocycles. The number of fused-ring (bicyclic) bond motifs is 1. The van der Waals surface area contributed by atoms with E-state index in [1.807, 2.05) is 0 Å². The summed E-state index contributed by atoms with van der Waals surface area (Å²) in [6.07, 6.45) is 3.16. The molecule has 0 aliphatic rings. The first-order chi connectivity index (χ1) is 10.1. The fourth-order valence-electron chi connectivity index (χ4n) is 2.05. The van der Waals surface area contributed by atoms with Crippen LogP contribution in [0.3, 0.4) is 0 Å². The van der Waals surface area contributed by atoms with E-state index in [1.165, 1.54) is 10.6 Å². The van der Waals surface area contributed by atoms with E-state index in [1.54, 1.807) is 52.1 Å². The summed E-state index contributed by atoms with van der Waals surface area (Å²) < 4.78 is 6.74. The van der Waals surface area contributed by atoms with E-state index in [2.05, 4.69) is 4.98 Å². The molecule has 2 N–H and O–H groups in total. The molecule has 0 aromatic carbocycles. The number of aromatic nitrogens is 2. The van der Waals surface area contributed by atoms with Gasteiger partial charge < -0.3 is 10.5 Å². The Balaban J connectivity index is 2.32. The van der Waals surface area contributed by atoms with Crippen molar-refractivity contribution in [2.24, 2.45) is 5.73 Å². The molecule has 0 aliphatic heterocycles. The van der Waals surface area contributed by atoms with Crippen molar-refractivity contribution in [3.63, 3.8) is 0 Å². The molecule has 6 heteroatoms. The van der Waals surface area contributed by atoms with Gasteiger partial charge in [0.25, 0.3) is 5.56 Å². The molecule has 118 valence electrons. The smallest absolute Gasteiger partial charge is 0.326 e. The molecule has 0 aliphatic carbocycles. The van der Waals surface area contributed by atoms with Crippen LogP contribution in [0.1, 0.15) is 33.3 Å². The summed E-state index contributed by atoms with van der Waals surface area (Å²) in [5, 5.41) is 0. The van der Waals surface area contributed by atoms with Crippen LogP contribution < -0.4 is 11.3 Å². The Morgan fingerprint density at radius 3 is 2.64 bits per heavy atom. The Hall–Kier alpha value is -2.21.